The minimum Gasteiger partial charge on any atom is -0.497 e. The highest BCUT2D eigenvalue weighted by Gasteiger charge is 2.06. The molecule has 4 heteroatoms. The van der Waals surface area contributed by atoms with Gasteiger partial charge in [-0.3, -0.25) is 0 Å². The normalized spacial score (nSPS) is 10.1. The van der Waals surface area contributed by atoms with E-state index in [1.165, 1.54) is 0 Å². The predicted octanol–water partition coefficient (Wildman–Crippen LogP) is 3.44. The van der Waals surface area contributed by atoms with E-state index in [1.54, 1.807) is 26.0 Å². The molecule has 0 aliphatic rings. The lowest BCUT2D eigenvalue weighted by molar-refractivity contribution is 0.387. The van der Waals surface area contributed by atoms with Crippen LogP contribution in [0.2, 0.25) is 0 Å². The molecule has 0 unspecified atom stereocenters. The molecule has 18 heavy (non-hydrogen) atoms. The lowest BCUT2D eigenvalue weighted by atomic mass is 10.3. The van der Waals surface area contributed by atoms with Gasteiger partial charge in [0.1, 0.15) is 11.5 Å². The Morgan fingerprint density at radius 2 is 1.67 bits per heavy atom. The molecule has 0 amide bonds. The van der Waals surface area contributed by atoms with E-state index in [-0.39, 0.29) is 0 Å². The number of ether oxygens (including phenoxy) is 2. The van der Waals surface area contributed by atoms with Gasteiger partial charge in [0.15, 0.2) is 0 Å². The van der Waals surface area contributed by atoms with Crippen LogP contribution in [0.1, 0.15) is 0 Å². The lowest BCUT2D eigenvalue weighted by Gasteiger charge is -2.10. The summed E-state index contributed by atoms with van der Waals surface area (Å²) in [7, 11) is 3.30. The third kappa shape index (κ3) is 2.90. The maximum absolute atomic E-state index is 5.66. The van der Waals surface area contributed by atoms with Crippen LogP contribution in [0, 0.1) is 0 Å². The van der Waals surface area contributed by atoms with Gasteiger partial charge in [-0.15, -0.1) is 0 Å². The first kappa shape index (κ1) is 12.6. The van der Waals surface area contributed by atoms with Gasteiger partial charge >= 0.3 is 0 Å². The quantitative estimate of drug-likeness (QED) is 0.856. The minimum absolute atomic E-state index is 0.765. The number of methoxy groups -OCH3 is 2. The Hall–Kier alpha value is -1.81. The highest BCUT2D eigenvalue weighted by atomic mass is 32.2. The van der Waals surface area contributed by atoms with Crippen molar-refractivity contribution < 1.29 is 9.47 Å². The van der Waals surface area contributed by atoms with E-state index in [0.717, 1.165) is 27.0 Å². The van der Waals surface area contributed by atoms with E-state index in [0.29, 0.717) is 0 Å². The SMILES string of the molecule is COc1ccc(Sc2ccc(N)cc2)c(OC)c1. The third-order valence-corrected chi connectivity index (χ3v) is 3.54. The van der Waals surface area contributed by atoms with Gasteiger partial charge in [0, 0.05) is 16.6 Å². The molecule has 94 valence electrons. The van der Waals surface area contributed by atoms with Crippen molar-refractivity contribution >= 4 is 17.4 Å². The van der Waals surface area contributed by atoms with Crippen LogP contribution in [-0.2, 0) is 0 Å². The third-order valence-electron chi connectivity index (χ3n) is 2.48. The van der Waals surface area contributed by atoms with E-state index < -0.39 is 0 Å². The van der Waals surface area contributed by atoms with Crippen LogP contribution in [0.4, 0.5) is 5.69 Å². The zero-order valence-electron chi connectivity index (χ0n) is 10.3. The van der Waals surface area contributed by atoms with Crippen LogP contribution in [0.25, 0.3) is 0 Å². The molecule has 0 spiro atoms. The fraction of sp³-hybridized carbons (Fsp3) is 0.143. The number of hydrogen-bond donors (Lipinski definition) is 1. The highest BCUT2D eigenvalue weighted by Crippen LogP contribution is 2.37. The number of hydrogen-bond acceptors (Lipinski definition) is 4. The average molecular weight is 261 g/mol. The Morgan fingerprint density at radius 3 is 2.28 bits per heavy atom. The Labute approximate surface area is 111 Å². The van der Waals surface area contributed by atoms with Crippen molar-refractivity contribution in [3.63, 3.8) is 0 Å². The van der Waals surface area contributed by atoms with Gasteiger partial charge in [-0.1, -0.05) is 11.8 Å². The number of benzene rings is 2. The first-order chi connectivity index (χ1) is 8.72. The minimum atomic E-state index is 0.765. The molecular formula is C14H15NO2S. The fourth-order valence-corrected chi connectivity index (χ4v) is 2.43. The first-order valence-corrected chi connectivity index (χ1v) is 6.30. The summed E-state index contributed by atoms with van der Waals surface area (Å²) in [6, 6.07) is 13.5. The molecule has 0 saturated carbocycles. The molecular weight excluding hydrogens is 246 g/mol. The second-order valence-electron chi connectivity index (χ2n) is 3.69. The molecule has 0 heterocycles. The van der Waals surface area contributed by atoms with Crippen LogP contribution >= 0.6 is 11.8 Å². The number of anilines is 1. The molecule has 2 aromatic carbocycles. The summed E-state index contributed by atoms with van der Waals surface area (Å²) in [5.41, 5.74) is 6.43. The summed E-state index contributed by atoms with van der Waals surface area (Å²) in [5, 5.41) is 0. The second-order valence-corrected chi connectivity index (χ2v) is 4.80. The molecule has 0 aromatic heterocycles. The van der Waals surface area contributed by atoms with Crippen LogP contribution in [0.5, 0.6) is 11.5 Å². The number of nitrogen functional groups attached to an aromatic ring is 1. The molecule has 0 bridgehead atoms. The van der Waals surface area contributed by atoms with E-state index in [2.05, 4.69) is 0 Å². The van der Waals surface area contributed by atoms with Gasteiger partial charge in [-0.25, -0.2) is 0 Å². The Balaban J connectivity index is 2.25. The Kier molecular flexibility index (Phi) is 3.99. The second kappa shape index (κ2) is 5.69. The van der Waals surface area contributed by atoms with E-state index in [1.807, 2.05) is 42.5 Å². The van der Waals surface area contributed by atoms with Gasteiger partial charge < -0.3 is 15.2 Å². The predicted molar refractivity (Wildman–Crippen MR) is 74.5 cm³/mol. The van der Waals surface area contributed by atoms with Crippen molar-refractivity contribution in [1.82, 2.24) is 0 Å². The number of rotatable bonds is 4. The van der Waals surface area contributed by atoms with Crippen LogP contribution in [0.3, 0.4) is 0 Å². The van der Waals surface area contributed by atoms with E-state index >= 15 is 0 Å². The van der Waals surface area contributed by atoms with Crippen molar-refractivity contribution in [2.45, 2.75) is 9.79 Å². The molecule has 0 radical (unpaired) electrons. The largest absolute Gasteiger partial charge is 0.497 e. The molecule has 3 nitrogen and oxygen atoms in total. The summed E-state index contributed by atoms with van der Waals surface area (Å²) < 4.78 is 10.5. The van der Waals surface area contributed by atoms with Crippen molar-refractivity contribution in [2.75, 3.05) is 20.0 Å². The lowest BCUT2D eigenvalue weighted by Crippen LogP contribution is -1.89. The summed E-state index contributed by atoms with van der Waals surface area (Å²) in [5.74, 6) is 1.59. The maximum Gasteiger partial charge on any atom is 0.136 e. The Bertz CT molecular complexity index is 526. The van der Waals surface area contributed by atoms with Crippen molar-refractivity contribution in [2.24, 2.45) is 0 Å². The van der Waals surface area contributed by atoms with Gasteiger partial charge in [0.25, 0.3) is 0 Å². The van der Waals surface area contributed by atoms with Gasteiger partial charge in [-0.2, -0.15) is 0 Å². The molecule has 0 atom stereocenters. The first-order valence-electron chi connectivity index (χ1n) is 5.48. The van der Waals surface area contributed by atoms with Crippen LogP contribution in [0.15, 0.2) is 52.3 Å². The van der Waals surface area contributed by atoms with Crippen molar-refractivity contribution in [3.8, 4) is 11.5 Å². The molecule has 0 saturated heterocycles. The molecule has 2 rings (SSSR count). The van der Waals surface area contributed by atoms with Gasteiger partial charge in [-0.05, 0) is 36.4 Å². The molecule has 0 aliphatic heterocycles. The summed E-state index contributed by atoms with van der Waals surface area (Å²) in [6.45, 7) is 0. The topological polar surface area (TPSA) is 44.5 Å². The average Bonchev–Trinajstić information content (AvgIpc) is 2.41. The smallest absolute Gasteiger partial charge is 0.136 e. The fourth-order valence-electron chi connectivity index (χ4n) is 1.52. The summed E-state index contributed by atoms with van der Waals surface area (Å²) >= 11 is 1.63. The van der Waals surface area contributed by atoms with Crippen molar-refractivity contribution in [3.05, 3.63) is 42.5 Å². The van der Waals surface area contributed by atoms with Crippen molar-refractivity contribution in [1.29, 1.82) is 0 Å². The monoisotopic (exact) mass is 261 g/mol. The van der Waals surface area contributed by atoms with Crippen LogP contribution in [-0.4, -0.2) is 14.2 Å². The zero-order valence-corrected chi connectivity index (χ0v) is 11.2. The van der Waals surface area contributed by atoms with Crippen LogP contribution < -0.4 is 15.2 Å². The van der Waals surface area contributed by atoms with Gasteiger partial charge in [0.05, 0.1) is 19.1 Å². The van der Waals surface area contributed by atoms with Gasteiger partial charge in [0.2, 0.25) is 0 Å². The zero-order chi connectivity index (χ0) is 13.0. The number of nitrogens with two attached hydrogens (primary N) is 1. The Morgan fingerprint density at radius 1 is 0.944 bits per heavy atom. The molecule has 2 N–H and O–H groups in total. The van der Waals surface area contributed by atoms with E-state index in [9.17, 15) is 0 Å². The summed E-state index contributed by atoms with van der Waals surface area (Å²) in [6.07, 6.45) is 0. The molecule has 0 aliphatic carbocycles. The standard InChI is InChI=1S/C14H15NO2S/c1-16-11-5-8-14(13(9-11)17-2)18-12-6-3-10(15)4-7-12/h3-9H,15H2,1-2H3. The molecule has 0 fully saturated rings. The summed E-state index contributed by atoms with van der Waals surface area (Å²) in [4.78, 5) is 2.16. The van der Waals surface area contributed by atoms with E-state index in [4.69, 9.17) is 15.2 Å². The maximum atomic E-state index is 5.66. The highest BCUT2D eigenvalue weighted by molar-refractivity contribution is 7.99. The molecule has 2 aromatic rings.